The predicted octanol–water partition coefficient (Wildman–Crippen LogP) is 9.89. The number of aryl methyl sites for hydroxylation is 1. The Hall–Kier alpha value is -4.43. The van der Waals surface area contributed by atoms with Crippen molar-refractivity contribution >= 4 is 33.7 Å². The molecule has 252 valence electrons. The first-order chi connectivity index (χ1) is 22.4. The smallest absolute Gasteiger partial charge is 0.146 e. The van der Waals surface area contributed by atoms with Gasteiger partial charge in [0.15, 0.2) is 0 Å². The third-order valence-electron chi connectivity index (χ3n) is 9.47. The van der Waals surface area contributed by atoms with Crippen molar-refractivity contribution in [1.29, 1.82) is 0 Å². The van der Waals surface area contributed by atoms with Crippen LogP contribution in [-0.4, -0.2) is 40.2 Å². The number of fused-ring (bicyclic) bond motifs is 2. The molecule has 0 saturated heterocycles. The molecule has 2 aromatic heterocycles. The van der Waals surface area contributed by atoms with Crippen molar-refractivity contribution in [3.05, 3.63) is 94.0 Å². The summed E-state index contributed by atoms with van der Waals surface area (Å²) >= 11 is 5.99. The van der Waals surface area contributed by atoms with E-state index in [-0.39, 0.29) is 27.7 Å². The van der Waals surface area contributed by atoms with Crippen molar-refractivity contribution in [2.45, 2.75) is 98.3 Å². The van der Waals surface area contributed by atoms with E-state index in [1.54, 1.807) is 16.9 Å². The molecule has 6 rings (SSSR count). The van der Waals surface area contributed by atoms with Gasteiger partial charge in [0, 0.05) is 16.1 Å². The molecular weight excluding hydrogens is 620 g/mol. The maximum absolute atomic E-state index is 11.1. The van der Waals surface area contributed by atoms with Crippen LogP contribution in [0.3, 0.4) is 0 Å². The van der Waals surface area contributed by atoms with Crippen LogP contribution in [0.1, 0.15) is 97.4 Å². The average Bonchev–Trinajstić information content (AvgIpc) is 3.65. The molecule has 48 heavy (non-hydrogen) atoms. The van der Waals surface area contributed by atoms with E-state index in [0.717, 1.165) is 46.1 Å². The zero-order chi connectivity index (χ0) is 35.2. The Morgan fingerprint density at radius 2 is 1.10 bits per heavy atom. The minimum Gasteiger partial charge on any atom is -0.505 e. The number of hydrogen-bond donors (Lipinski definition) is 2. The lowest BCUT2D eigenvalue weighted by atomic mass is 9.76. The minimum absolute atomic E-state index is 0.00754. The summed E-state index contributed by atoms with van der Waals surface area (Å²) in [6, 6.07) is 21.2. The SMILES string of the molecule is CCC(C)(C)c1cc(-n2nc3ccccc3n2)c(O)c(C(C)(C)CC)c1.Cc1cc(-n2nc3ccc(Cl)cc3n2)c(O)c(C(C)(C)C)c1. The van der Waals surface area contributed by atoms with Crippen molar-refractivity contribution in [3.63, 3.8) is 0 Å². The summed E-state index contributed by atoms with van der Waals surface area (Å²) in [4.78, 5) is 3.04. The number of phenolic OH excluding ortho intramolecular Hbond substituents is 2. The third kappa shape index (κ3) is 6.90. The van der Waals surface area contributed by atoms with E-state index in [1.807, 2.05) is 55.5 Å². The fourth-order valence-electron chi connectivity index (χ4n) is 5.52. The van der Waals surface area contributed by atoms with Crippen molar-refractivity contribution in [2.75, 3.05) is 0 Å². The zero-order valence-electron chi connectivity index (χ0n) is 29.7. The summed E-state index contributed by atoms with van der Waals surface area (Å²) in [5, 5.41) is 40.4. The molecule has 0 amide bonds. The number of rotatable bonds is 6. The molecule has 0 aliphatic heterocycles. The van der Waals surface area contributed by atoms with Crippen LogP contribution in [0.15, 0.2) is 66.7 Å². The second-order valence-electron chi connectivity index (χ2n) is 14.9. The van der Waals surface area contributed by atoms with Crippen LogP contribution in [0.4, 0.5) is 0 Å². The van der Waals surface area contributed by atoms with Gasteiger partial charge in [-0.15, -0.1) is 30.0 Å². The number of benzene rings is 4. The highest BCUT2D eigenvalue weighted by Gasteiger charge is 2.29. The summed E-state index contributed by atoms with van der Waals surface area (Å²) in [6.07, 6.45) is 1.95. The van der Waals surface area contributed by atoms with Crippen LogP contribution >= 0.6 is 11.6 Å². The van der Waals surface area contributed by atoms with Gasteiger partial charge in [-0.3, -0.25) is 0 Å². The summed E-state index contributed by atoms with van der Waals surface area (Å²) in [6.45, 7) is 21.3. The Morgan fingerprint density at radius 1 is 0.604 bits per heavy atom. The van der Waals surface area contributed by atoms with E-state index >= 15 is 0 Å². The van der Waals surface area contributed by atoms with Crippen LogP contribution in [0.2, 0.25) is 5.02 Å². The first-order valence-electron chi connectivity index (χ1n) is 16.5. The van der Waals surface area contributed by atoms with Crippen molar-refractivity contribution in [3.8, 4) is 22.9 Å². The fraction of sp³-hybridized carbons (Fsp3) is 0.385. The maximum atomic E-state index is 11.1. The molecule has 6 aromatic rings. The van der Waals surface area contributed by atoms with Crippen LogP contribution in [-0.2, 0) is 16.2 Å². The van der Waals surface area contributed by atoms with Gasteiger partial charge in [0.05, 0.1) is 0 Å². The summed E-state index contributed by atoms with van der Waals surface area (Å²) in [5.74, 6) is 0.484. The van der Waals surface area contributed by atoms with E-state index in [2.05, 4.69) is 88.8 Å². The largest absolute Gasteiger partial charge is 0.505 e. The van der Waals surface area contributed by atoms with E-state index < -0.39 is 0 Å². The summed E-state index contributed by atoms with van der Waals surface area (Å²) in [5.41, 5.74) is 8.11. The highest BCUT2D eigenvalue weighted by Crippen LogP contribution is 2.41. The number of hydrogen-bond acceptors (Lipinski definition) is 6. The maximum Gasteiger partial charge on any atom is 0.146 e. The summed E-state index contributed by atoms with van der Waals surface area (Å²) < 4.78 is 0. The minimum atomic E-state index is -0.166. The highest BCUT2D eigenvalue weighted by atomic mass is 35.5. The average molecular weight is 667 g/mol. The first kappa shape index (κ1) is 34.9. The zero-order valence-corrected chi connectivity index (χ0v) is 30.5. The quantitative estimate of drug-likeness (QED) is 0.183. The van der Waals surface area contributed by atoms with Gasteiger partial charge < -0.3 is 10.2 Å². The highest BCUT2D eigenvalue weighted by molar-refractivity contribution is 6.31. The van der Waals surface area contributed by atoms with Crippen LogP contribution in [0, 0.1) is 6.92 Å². The van der Waals surface area contributed by atoms with Gasteiger partial charge in [0.1, 0.15) is 44.9 Å². The normalized spacial score (nSPS) is 12.4. The molecule has 4 aromatic carbocycles. The van der Waals surface area contributed by atoms with Gasteiger partial charge in [-0.2, -0.15) is 0 Å². The van der Waals surface area contributed by atoms with Gasteiger partial charge >= 0.3 is 0 Å². The molecule has 8 nitrogen and oxygen atoms in total. The third-order valence-corrected chi connectivity index (χ3v) is 9.71. The van der Waals surface area contributed by atoms with Crippen LogP contribution in [0.25, 0.3) is 33.4 Å². The number of nitrogens with zero attached hydrogens (tertiary/aromatic N) is 6. The van der Waals surface area contributed by atoms with Gasteiger partial charge in [-0.25, -0.2) is 0 Å². The molecule has 2 heterocycles. The molecule has 9 heteroatoms. The topological polar surface area (TPSA) is 102 Å². The predicted molar refractivity (Wildman–Crippen MR) is 196 cm³/mol. The van der Waals surface area contributed by atoms with E-state index in [1.165, 1.54) is 10.4 Å². The van der Waals surface area contributed by atoms with Gasteiger partial charge in [-0.1, -0.05) is 98.2 Å². The Kier molecular flexibility index (Phi) is 9.36. The molecular formula is C39H47ClN6O2. The molecule has 0 atom stereocenters. The molecule has 0 radical (unpaired) electrons. The van der Waals surface area contributed by atoms with E-state index in [4.69, 9.17) is 11.6 Å². The number of phenols is 2. The summed E-state index contributed by atoms with van der Waals surface area (Å²) in [7, 11) is 0. The molecule has 0 spiro atoms. The van der Waals surface area contributed by atoms with Crippen molar-refractivity contribution in [2.24, 2.45) is 0 Å². The molecule has 0 saturated carbocycles. The Balaban J connectivity index is 0.000000190. The lowest BCUT2D eigenvalue weighted by Gasteiger charge is -2.30. The lowest BCUT2D eigenvalue weighted by molar-refractivity contribution is 0.420. The van der Waals surface area contributed by atoms with Crippen LogP contribution in [0.5, 0.6) is 11.5 Å². The number of aromatic nitrogens is 6. The van der Waals surface area contributed by atoms with Gasteiger partial charge in [0.2, 0.25) is 0 Å². The molecule has 0 fully saturated rings. The molecule has 0 unspecified atom stereocenters. The Morgan fingerprint density at radius 3 is 1.65 bits per heavy atom. The van der Waals surface area contributed by atoms with Crippen molar-refractivity contribution < 1.29 is 10.2 Å². The molecule has 2 N–H and O–H groups in total. The van der Waals surface area contributed by atoms with Gasteiger partial charge in [0.25, 0.3) is 0 Å². The molecule has 0 aliphatic rings. The van der Waals surface area contributed by atoms with Gasteiger partial charge in [-0.05, 0) is 89.6 Å². The van der Waals surface area contributed by atoms with E-state index in [0.29, 0.717) is 21.9 Å². The fourth-order valence-corrected chi connectivity index (χ4v) is 5.69. The Bertz CT molecular complexity index is 2070. The standard InChI is InChI=1S/C22H29N3O.C17H18ClN3O/c1-7-21(3,4)15-13-16(22(5,6)8-2)20(26)19(14-15)25-23-17-11-9-10-12-18(17)24-25;1-10-7-12(17(2,3)4)16(22)15(8-10)21-19-13-6-5-11(18)9-14(13)20-21/h9-14,26H,7-8H2,1-6H3;5-9,22H,1-4H3. The monoisotopic (exact) mass is 666 g/mol. The number of aromatic hydroxyl groups is 2. The van der Waals surface area contributed by atoms with Crippen molar-refractivity contribution in [1.82, 2.24) is 30.0 Å². The Labute approximate surface area is 288 Å². The second-order valence-corrected chi connectivity index (χ2v) is 15.3. The van der Waals surface area contributed by atoms with E-state index in [9.17, 15) is 10.2 Å². The first-order valence-corrected chi connectivity index (χ1v) is 16.9. The molecule has 0 aliphatic carbocycles. The molecule has 0 bridgehead atoms. The second kappa shape index (κ2) is 12.9. The van der Waals surface area contributed by atoms with Crippen LogP contribution < -0.4 is 0 Å². The number of halogens is 1. The lowest BCUT2D eigenvalue weighted by Crippen LogP contribution is -2.21.